The van der Waals surface area contributed by atoms with E-state index in [9.17, 15) is 31.2 Å². The van der Waals surface area contributed by atoms with E-state index < -0.39 is 33.5 Å². The van der Waals surface area contributed by atoms with E-state index in [1.165, 1.54) is 44.4 Å². The van der Waals surface area contributed by atoms with Crippen molar-refractivity contribution in [3.63, 3.8) is 0 Å². The fourth-order valence-corrected chi connectivity index (χ4v) is 5.05. The summed E-state index contributed by atoms with van der Waals surface area (Å²) in [7, 11) is -1.11. The molecule has 0 radical (unpaired) electrons. The molecule has 1 saturated heterocycles. The van der Waals surface area contributed by atoms with Crippen molar-refractivity contribution in [2.75, 3.05) is 50.6 Å². The summed E-state index contributed by atoms with van der Waals surface area (Å²) in [6, 6.07) is 8.17. The maximum absolute atomic E-state index is 13.5. The van der Waals surface area contributed by atoms with Crippen LogP contribution in [0.2, 0.25) is 0 Å². The van der Waals surface area contributed by atoms with Crippen molar-refractivity contribution >= 4 is 38.7 Å². The van der Waals surface area contributed by atoms with Crippen molar-refractivity contribution in [2.24, 2.45) is 0 Å². The van der Waals surface area contributed by atoms with Gasteiger partial charge in [-0.05, 0) is 47.5 Å². The summed E-state index contributed by atoms with van der Waals surface area (Å²) in [4.78, 5) is 26.9. The first-order valence-corrected chi connectivity index (χ1v) is 12.5. The number of nitrogens with one attached hydrogen (secondary N) is 1. The fraction of sp³-hybridized carbons (Fsp3) is 0.333. The molecule has 0 atom stereocenters. The highest BCUT2D eigenvalue weighted by atomic mass is 32.2. The highest BCUT2D eigenvalue weighted by molar-refractivity contribution is 7.89. The minimum Gasteiger partial charge on any atom is -0.378 e. The predicted octanol–water partition coefficient (Wildman–Crippen LogP) is 3.10. The molecule has 0 unspecified atom stereocenters. The molecule has 1 aliphatic carbocycles. The Morgan fingerprint density at radius 2 is 1.78 bits per heavy atom. The zero-order chi connectivity index (χ0) is 26.3. The van der Waals surface area contributed by atoms with Gasteiger partial charge in [-0.2, -0.15) is 13.2 Å². The summed E-state index contributed by atoms with van der Waals surface area (Å²) < 4.78 is 72.4. The number of fused-ring (bicyclic) bond motifs is 1. The number of amides is 1. The van der Waals surface area contributed by atoms with Crippen molar-refractivity contribution in [3.05, 3.63) is 59.2 Å². The summed E-state index contributed by atoms with van der Waals surface area (Å²) >= 11 is 0. The van der Waals surface area contributed by atoms with Crippen LogP contribution in [0, 0.1) is 0 Å². The number of halogens is 3. The standard InChI is InChI=1S/C24H24F3N3O5S/c1-29(2)36(33,34)18-5-6-22(30-7-9-35-10-8-30)20(14-18)23(32)28-16-4-3-15-11-17(31)13-21(19(15)12-16)24(25,26)27/h3-6,12-14H,7-11H2,1-2H3,(H,28,32). The molecule has 2 aromatic rings. The minimum atomic E-state index is -4.74. The molecule has 2 aromatic carbocycles. The smallest absolute Gasteiger partial charge is 0.378 e. The maximum atomic E-state index is 13.5. The molecule has 1 aliphatic heterocycles. The maximum Gasteiger partial charge on any atom is 0.417 e. The monoisotopic (exact) mass is 523 g/mol. The van der Waals surface area contributed by atoms with Crippen molar-refractivity contribution in [3.8, 4) is 0 Å². The molecule has 1 heterocycles. The van der Waals surface area contributed by atoms with Crippen LogP contribution in [-0.4, -0.2) is 71.0 Å². The van der Waals surface area contributed by atoms with Gasteiger partial charge in [-0.3, -0.25) is 9.59 Å². The van der Waals surface area contributed by atoms with Crippen molar-refractivity contribution in [2.45, 2.75) is 17.5 Å². The van der Waals surface area contributed by atoms with Gasteiger partial charge in [0.25, 0.3) is 5.91 Å². The van der Waals surface area contributed by atoms with Gasteiger partial charge in [0.05, 0.1) is 29.2 Å². The molecule has 36 heavy (non-hydrogen) atoms. The van der Waals surface area contributed by atoms with Gasteiger partial charge in [0.2, 0.25) is 10.0 Å². The highest BCUT2D eigenvalue weighted by Crippen LogP contribution is 2.39. The van der Waals surface area contributed by atoms with Crippen LogP contribution in [0.15, 0.2) is 47.4 Å². The molecule has 2 aliphatic rings. The third-order valence-corrected chi connectivity index (χ3v) is 7.79. The number of rotatable bonds is 5. The summed E-state index contributed by atoms with van der Waals surface area (Å²) in [5, 5.41) is 2.59. The summed E-state index contributed by atoms with van der Waals surface area (Å²) in [6.07, 6.45) is -4.35. The molecule has 8 nitrogen and oxygen atoms in total. The van der Waals surface area contributed by atoms with E-state index >= 15 is 0 Å². The lowest BCUT2D eigenvalue weighted by atomic mass is 9.89. The lowest BCUT2D eigenvalue weighted by Crippen LogP contribution is -2.37. The Labute approximate surface area is 206 Å². The third kappa shape index (κ3) is 5.15. The topological polar surface area (TPSA) is 96.0 Å². The van der Waals surface area contributed by atoms with Gasteiger partial charge in [-0.15, -0.1) is 0 Å². The molecule has 0 bridgehead atoms. The van der Waals surface area contributed by atoms with Gasteiger partial charge in [-0.1, -0.05) is 6.07 Å². The largest absolute Gasteiger partial charge is 0.417 e. The van der Waals surface area contributed by atoms with Crippen LogP contribution >= 0.6 is 0 Å². The van der Waals surface area contributed by atoms with E-state index in [0.717, 1.165) is 4.31 Å². The Bertz CT molecular complexity index is 1350. The van der Waals surface area contributed by atoms with Gasteiger partial charge in [-0.25, -0.2) is 12.7 Å². The van der Waals surface area contributed by atoms with Gasteiger partial charge >= 0.3 is 6.18 Å². The quantitative estimate of drug-likeness (QED) is 0.647. The Kier molecular flexibility index (Phi) is 6.95. The summed E-state index contributed by atoms with van der Waals surface area (Å²) in [5.41, 5.74) is -0.430. The van der Waals surface area contributed by atoms with Gasteiger partial charge in [0.15, 0.2) is 5.78 Å². The van der Waals surface area contributed by atoms with E-state index in [1.807, 2.05) is 4.90 Å². The second-order valence-electron chi connectivity index (χ2n) is 8.59. The normalized spacial score (nSPS) is 16.6. The number of ketones is 1. The fourth-order valence-electron chi connectivity index (χ4n) is 4.12. The Morgan fingerprint density at radius 1 is 1.08 bits per heavy atom. The zero-order valence-electron chi connectivity index (χ0n) is 19.6. The number of ether oxygens (including phenoxy) is 1. The van der Waals surface area contributed by atoms with Gasteiger partial charge < -0.3 is 15.0 Å². The minimum absolute atomic E-state index is 0.0549. The number of alkyl halides is 3. The molecule has 4 rings (SSSR count). The Morgan fingerprint density at radius 3 is 2.42 bits per heavy atom. The number of nitrogens with zero attached hydrogens (tertiary/aromatic N) is 2. The number of sulfonamides is 1. The van der Waals surface area contributed by atoms with E-state index in [-0.39, 0.29) is 33.7 Å². The molecule has 1 N–H and O–H groups in total. The highest BCUT2D eigenvalue weighted by Gasteiger charge is 2.38. The molecule has 192 valence electrons. The first-order valence-electron chi connectivity index (χ1n) is 11.0. The zero-order valence-corrected chi connectivity index (χ0v) is 20.4. The molecule has 0 aromatic heterocycles. The molecule has 1 fully saturated rings. The average molecular weight is 524 g/mol. The van der Waals surface area contributed by atoms with Crippen LogP contribution in [0.5, 0.6) is 0 Å². The molecule has 0 spiro atoms. The number of hydrogen-bond acceptors (Lipinski definition) is 6. The van der Waals surface area contributed by atoms with Crippen molar-refractivity contribution in [1.29, 1.82) is 0 Å². The van der Waals surface area contributed by atoms with Crippen LogP contribution in [0.1, 0.15) is 21.5 Å². The summed E-state index contributed by atoms with van der Waals surface area (Å²) in [5.74, 6) is -1.34. The first kappa shape index (κ1) is 25.9. The second kappa shape index (κ2) is 9.68. The number of carbonyl (C=O) groups excluding carboxylic acids is 2. The second-order valence-corrected chi connectivity index (χ2v) is 10.7. The third-order valence-electron chi connectivity index (χ3n) is 5.98. The number of anilines is 2. The SMILES string of the molecule is CN(C)S(=O)(=O)c1ccc(N2CCOCC2)c(C(=O)Nc2ccc3c(c2)C(C(F)(F)F)=CC(=O)C3)c1. The van der Waals surface area contributed by atoms with E-state index in [1.54, 1.807) is 6.07 Å². The number of hydrogen-bond donors (Lipinski definition) is 1. The first-order chi connectivity index (χ1) is 16.9. The molecule has 1 amide bonds. The van der Waals surface area contributed by atoms with Crippen LogP contribution in [0.3, 0.4) is 0 Å². The Balaban J connectivity index is 1.73. The number of carbonyl (C=O) groups is 2. The molecular formula is C24H24F3N3O5S. The van der Waals surface area contributed by atoms with Crippen molar-refractivity contribution in [1.82, 2.24) is 4.31 Å². The predicted molar refractivity (Wildman–Crippen MR) is 127 cm³/mol. The van der Waals surface area contributed by atoms with Crippen molar-refractivity contribution < 1.29 is 35.9 Å². The lowest BCUT2D eigenvalue weighted by Gasteiger charge is -2.30. The lowest BCUT2D eigenvalue weighted by molar-refractivity contribution is -0.114. The molecular weight excluding hydrogens is 499 g/mol. The van der Waals surface area contributed by atoms with E-state index in [2.05, 4.69) is 5.32 Å². The van der Waals surface area contributed by atoms with Crippen LogP contribution in [0.25, 0.3) is 5.57 Å². The van der Waals surface area contributed by atoms with Crippen LogP contribution in [-0.2, 0) is 26.0 Å². The Hall–Kier alpha value is -3.22. The van der Waals surface area contributed by atoms with Gasteiger partial charge in [0, 0.05) is 45.0 Å². The number of morpholine rings is 1. The summed E-state index contributed by atoms with van der Waals surface area (Å²) in [6.45, 7) is 1.81. The average Bonchev–Trinajstić information content (AvgIpc) is 2.83. The van der Waals surface area contributed by atoms with Gasteiger partial charge in [0.1, 0.15) is 0 Å². The number of benzene rings is 2. The number of allylic oxidation sites excluding steroid dienone is 2. The van der Waals surface area contributed by atoms with Crippen LogP contribution < -0.4 is 10.2 Å². The van der Waals surface area contributed by atoms with E-state index in [0.29, 0.717) is 38.1 Å². The molecule has 0 saturated carbocycles. The van der Waals surface area contributed by atoms with Crippen LogP contribution in [0.4, 0.5) is 24.5 Å². The molecule has 12 heteroatoms. The van der Waals surface area contributed by atoms with E-state index in [4.69, 9.17) is 4.74 Å².